The Morgan fingerprint density at radius 1 is 1.42 bits per heavy atom. The Balaban J connectivity index is 2.31. The molecule has 2 rings (SSSR count). The van der Waals surface area contributed by atoms with Gasteiger partial charge in [-0.1, -0.05) is 0 Å². The van der Waals surface area contributed by atoms with Gasteiger partial charge in [-0.2, -0.15) is 0 Å². The number of ether oxygens (including phenoxy) is 2. The van der Waals surface area contributed by atoms with E-state index in [1.165, 1.54) is 0 Å². The molecule has 2 N–H and O–H groups in total. The van der Waals surface area contributed by atoms with Crippen molar-refractivity contribution in [2.75, 3.05) is 18.9 Å². The van der Waals surface area contributed by atoms with Crippen molar-refractivity contribution < 1.29 is 9.47 Å². The molecule has 0 fully saturated rings. The van der Waals surface area contributed by atoms with E-state index in [9.17, 15) is 0 Å². The second kappa shape index (κ2) is 6.21. The van der Waals surface area contributed by atoms with E-state index in [-0.39, 0.29) is 6.10 Å². The minimum atomic E-state index is -0.0304. The van der Waals surface area contributed by atoms with Crippen LogP contribution in [0.4, 0.5) is 5.69 Å². The molecular formula is C14H17BrN2O2. The molecule has 0 saturated heterocycles. The first-order valence-electron chi connectivity index (χ1n) is 6.20. The molecule has 0 amide bonds. The maximum atomic E-state index is 5.96. The lowest BCUT2D eigenvalue weighted by molar-refractivity contribution is 0.0664. The summed E-state index contributed by atoms with van der Waals surface area (Å²) in [4.78, 5) is 4.38. The Morgan fingerprint density at radius 2 is 2.21 bits per heavy atom. The van der Waals surface area contributed by atoms with Crippen LogP contribution in [-0.4, -0.2) is 24.3 Å². The fourth-order valence-corrected chi connectivity index (χ4v) is 2.15. The molecule has 0 spiro atoms. The number of hydrogen-bond donors (Lipinski definition) is 1. The summed E-state index contributed by atoms with van der Waals surface area (Å²) in [6.45, 7) is 5.17. The van der Waals surface area contributed by atoms with Crippen LogP contribution in [0.15, 0.2) is 28.9 Å². The van der Waals surface area contributed by atoms with E-state index in [0.717, 1.165) is 21.1 Å². The molecule has 0 aliphatic heterocycles. The highest BCUT2D eigenvalue weighted by Crippen LogP contribution is 2.30. The zero-order chi connectivity index (χ0) is 13.8. The summed E-state index contributed by atoms with van der Waals surface area (Å²) >= 11 is 3.40. The van der Waals surface area contributed by atoms with E-state index in [4.69, 9.17) is 15.2 Å². The zero-order valence-electron chi connectivity index (χ0n) is 11.0. The Hall–Kier alpha value is -1.33. The smallest absolute Gasteiger partial charge is 0.146 e. The molecule has 0 saturated carbocycles. The largest absolute Gasteiger partial charge is 0.486 e. The molecule has 1 aromatic carbocycles. The number of nitrogen functional groups attached to an aromatic ring is 1. The number of anilines is 1. The summed E-state index contributed by atoms with van der Waals surface area (Å²) in [5, 5.41) is 0.885. The van der Waals surface area contributed by atoms with Crippen molar-refractivity contribution in [3.05, 3.63) is 28.9 Å². The third kappa shape index (κ3) is 3.36. The predicted molar refractivity (Wildman–Crippen MR) is 80.4 cm³/mol. The lowest BCUT2D eigenvalue weighted by Gasteiger charge is -2.16. The van der Waals surface area contributed by atoms with Crippen molar-refractivity contribution in [3.63, 3.8) is 0 Å². The number of pyridine rings is 1. The molecule has 1 heterocycles. The van der Waals surface area contributed by atoms with Gasteiger partial charge in [0.15, 0.2) is 0 Å². The van der Waals surface area contributed by atoms with Gasteiger partial charge in [0.05, 0.1) is 6.61 Å². The number of nitrogens with zero attached hydrogens (tertiary/aromatic N) is 1. The van der Waals surface area contributed by atoms with Gasteiger partial charge in [-0.3, -0.25) is 4.98 Å². The second-order valence-electron chi connectivity index (χ2n) is 4.29. The van der Waals surface area contributed by atoms with Crippen molar-refractivity contribution in [1.82, 2.24) is 4.98 Å². The number of rotatable bonds is 5. The fourth-order valence-electron chi connectivity index (χ4n) is 1.82. The van der Waals surface area contributed by atoms with Crippen LogP contribution in [0.2, 0.25) is 0 Å². The SMILES string of the molecule is CCOCC(C)Oc1ccc(N)c2cc(Br)cnc12. The monoisotopic (exact) mass is 324 g/mol. The van der Waals surface area contributed by atoms with Crippen LogP contribution in [0, 0.1) is 0 Å². The normalized spacial score (nSPS) is 12.6. The molecule has 102 valence electrons. The number of benzene rings is 1. The molecule has 19 heavy (non-hydrogen) atoms. The molecule has 5 heteroatoms. The van der Waals surface area contributed by atoms with Gasteiger partial charge in [-0.05, 0) is 48.0 Å². The molecular weight excluding hydrogens is 308 g/mol. The minimum absolute atomic E-state index is 0.0304. The molecule has 2 aromatic rings. The first kappa shape index (κ1) is 14.1. The highest BCUT2D eigenvalue weighted by Gasteiger charge is 2.10. The van der Waals surface area contributed by atoms with E-state index >= 15 is 0 Å². The lowest BCUT2D eigenvalue weighted by Crippen LogP contribution is -2.19. The van der Waals surface area contributed by atoms with Gasteiger partial charge in [0.25, 0.3) is 0 Å². The van der Waals surface area contributed by atoms with Gasteiger partial charge < -0.3 is 15.2 Å². The summed E-state index contributed by atoms with van der Waals surface area (Å²) in [6.07, 6.45) is 1.71. The van der Waals surface area contributed by atoms with Crippen LogP contribution in [0.5, 0.6) is 5.75 Å². The third-order valence-corrected chi connectivity index (χ3v) is 3.13. The van der Waals surface area contributed by atoms with Gasteiger partial charge >= 0.3 is 0 Å². The molecule has 4 nitrogen and oxygen atoms in total. The van der Waals surface area contributed by atoms with Crippen LogP contribution in [0.25, 0.3) is 10.9 Å². The number of fused-ring (bicyclic) bond motifs is 1. The van der Waals surface area contributed by atoms with Gasteiger partial charge in [-0.25, -0.2) is 0 Å². The fraction of sp³-hybridized carbons (Fsp3) is 0.357. The maximum Gasteiger partial charge on any atom is 0.146 e. The van der Waals surface area contributed by atoms with Crippen LogP contribution >= 0.6 is 15.9 Å². The molecule has 0 aliphatic carbocycles. The average Bonchev–Trinajstić information content (AvgIpc) is 2.40. The van der Waals surface area contributed by atoms with Crippen molar-refractivity contribution in [1.29, 1.82) is 0 Å². The van der Waals surface area contributed by atoms with Gasteiger partial charge in [0, 0.05) is 28.4 Å². The maximum absolute atomic E-state index is 5.96. The molecule has 0 radical (unpaired) electrons. The number of halogens is 1. The topological polar surface area (TPSA) is 57.4 Å². The van der Waals surface area contributed by atoms with Crippen LogP contribution in [0.1, 0.15) is 13.8 Å². The summed E-state index contributed by atoms with van der Waals surface area (Å²) in [5.41, 5.74) is 7.42. The summed E-state index contributed by atoms with van der Waals surface area (Å²) < 4.78 is 12.1. The Labute approximate surface area is 121 Å². The number of nitrogens with two attached hydrogens (primary N) is 1. The van der Waals surface area contributed by atoms with E-state index < -0.39 is 0 Å². The highest BCUT2D eigenvalue weighted by molar-refractivity contribution is 9.10. The number of hydrogen-bond acceptors (Lipinski definition) is 4. The predicted octanol–water partition coefficient (Wildman–Crippen LogP) is 3.38. The quantitative estimate of drug-likeness (QED) is 0.856. The molecule has 1 unspecified atom stereocenters. The van der Waals surface area contributed by atoms with Crippen LogP contribution in [-0.2, 0) is 4.74 Å². The first-order valence-corrected chi connectivity index (χ1v) is 6.99. The highest BCUT2D eigenvalue weighted by atomic mass is 79.9. The molecule has 0 aliphatic rings. The summed E-state index contributed by atoms with van der Waals surface area (Å²) in [7, 11) is 0. The minimum Gasteiger partial charge on any atom is -0.486 e. The second-order valence-corrected chi connectivity index (χ2v) is 5.21. The third-order valence-electron chi connectivity index (χ3n) is 2.70. The Bertz CT molecular complexity index is 575. The Kier molecular flexibility index (Phi) is 4.61. The van der Waals surface area contributed by atoms with E-state index in [0.29, 0.717) is 18.9 Å². The lowest BCUT2D eigenvalue weighted by atomic mass is 10.1. The summed E-state index contributed by atoms with van der Waals surface area (Å²) in [5.74, 6) is 0.726. The van der Waals surface area contributed by atoms with E-state index in [1.807, 2.05) is 32.0 Å². The van der Waals surface area contributed by atoms with Crippen molar-refractivity contribution in [2.24, 2.45) is 0 Å². The summed E-state index contributed by atoms with van der Waals surface area (Å²) in [6, 6.07) is 5.62. The van der Waals surface area contributed by atoms with Crippen molar-refractivity contribution in [2.45, 2.75) is 20.0 Å². The number of aromatic nitrogens is 1. The Morgan fingerprint density at radius 3 is 2.95 bits per heavy atom. The van der Waals surface area contributed by atoms with Crippen LogP contribution < -0.4 is 10.5 Å². The first-order chi connectivity index (χ1) is 9.11. The van der Waals surface area contributed by atoms with Crippen molar-refractivity contribution in [3.8, 4) is 5.75 Å². The van der Waals surface area contributed by atoms with E-state index in [1.54, 1.807) is 6.20 Å². The zero-order valence-corrected chi connectivity index (χ0v) is 12.6. The van der Waals surface area contributed by atoms with Gasteiger partial charge in [-0.15, -0.1) is 0 Å². The molecule has 0 bridgehead atoms. The molecule has 1 aromatic heterocycles. The van der Waals surface area contributed by atoms with Gasteiger partial charge in [0.2, 0.25) is 0 Å². The molecule has 1 atom stereocenters. The van der Waals surface area contributed by atoms with Gasteiger partial charge in [0.1, 0.15) is 17.4 Å². The average molecular weight is 325 g/mol. The van der Waals surface area contributed by atoms with Crippen molar-refractivity contribution >= 4 is 32.5 Å². The van der Waals surface area contributed by atoms with E-state index in [2.05, 4.69) is 20.9 Å². The standard InChI is InChI=1S/C14H17BrN2O2/c1-3-18-8-9(2)19-13-5-4-12(16)11-6-10(15)7-17-14(11)13/h4-7,9H,3,8,16H2,1-2H3. The van der Waals surface area contributed by atoms with Crippen LogP contribution in [0.3, 0.4) is 0 Å².